The lowest BCUT2D eigenvalue weighted by molar-refractivity contribution is 0.0237. The Bertz CT molecular complexity index is 639. The van der Waals surface area contributed by atoms with E-state index in [9.17, 15) is 4.39 Å². The van der Waals surface area contributed by atoms with Gasteiger partial charge in [-0.25, -0.2) is 4.39 Å². The Morgan fingerprint density at radius 3 is 2.91 bits per heavy atom. The topological polar surface area (TPSA) is 71.4 Å². The molecule has 6 heteroatoms. The van der Waals surface area contributed by atoms with Crippen LogP contribution in [0.4, 0.5) is 4.39 Å². The highest BCUT2D eigenvalue weighted by Gasteiger charge is 2.32. The van der Waals surface area contributed by atoms with Crippen molar-refractivity contribution >= 4 is 16.9 Å². The third kappa shape index (κ3) is 4.24. The second-order valence-electron chi connectivity index (χ2n) is 6.03. The molecular formula is C17H20FN3OS. The van der Waals surface area contributed by atoms with Gasteiger partial charge in [0.25, 0.3) is 0 Å². The van der Waals surface area contributed by atoms with Gasteiger partial charge >= 0.3 is 0 Å². The summed E-state index contributed by atoms with van der Waals surface area (Å²) in [6, 6.07) is 5.86. The van der Waals surface area contributed by atoms with Crippen molar-refractivity contribution in [1.29, 1.82) is 5.26 Å². The van der Waals surface area contributed by atoms with Crippen molar-refractivity contribution in [2.75, 3.05) is 12.4 Å². The maximum absolute atomic E-state index is 14.2. The molecule has 23 heavy (non-hydrogen) atoms. The van der Waals surface area contributed by atoms with Gasteiger partial charge in [0, 0.05) is 11.3 Å². The van der Waals surface area contributed by atoms with Crippen LogP contribution in [-0.4, -0.2) is 23.6 Å². The summed E-state index contributed by atoms with van der Waals surface area (Å²) in [5.41, 5.74) is 6.74. The molecule has 1 aliphatic carbocycles. The monoisotopic (exact) mass is 333 g/mol. The highest BCUT2D eigenvalue weighted by atomic mass is 32.2. The lowest BCUT2D eigenvalue weighted by atomic mass is 10.0. The Hall–Kier alpha value is -1.58. The lowest BCUT2D eigenvalue weighted by Crippen LogP contribution is -2.23. The Labute approximate surface area is 139 Å². The lowest BCUT2D eigenvalue weighted by Gasteiger charge is -2.23. The molecule has 2 aliphatic rings. The van der Waals surface area contributed by atoms with E-state index in [1.165, 1.54) is 36.7 Å². The second kappa shape index (κ2) is 7.33. The molecule has 122 valence electrons. The number of benzene rings is 1. The molecule has 2 atom stereocenters. The number of nitrogens with zero attached hydrogens (tertiary/aromatic N) is 2. The van der Waals surface area contributed by atoms with Crippen molar-refractivity contribution < 1.29 is 9.13 Å². The predicted octanol–water partition coefficient (Wildman–Crippen LogP) is 3.38. The van der Waals surface area contributed by atoms with E-state index in [4.69, 9.17) is 15.7 Å². The van der Waals surface area contributed by atoms with Crippen LogP contribution in [0.25, 0.3) is 0 Å². The number of halogens is 1. The summed E-state index contributed by atoms with van der Waals surface area (Å²) >= 11 is 1.51. The van der Waals surface area contributed by atoms with Crippen LogP contribution in [0.15, 0.2) is 23.2 Å². The molecule has 1 aromatic rings. The van der Waals surface area contributed by atoms with E-state index in [0.29, 0.717) is 28.8 Å². The Morgan fingerprint density at radius 1 is 1.35 bits per heavy atom. The fourth-order valence-corrected chi connectivity index (χ4v) is 3.58. The summed E-state index contributed by atoms with van der Waals surface area (Å²) in [7, 11) is 0. The molecular weight excluding hydrogens is 313 g/mol. The second-order valence-corrected chi connectivity index (χ2v) is 7.15. The number of aliphatic imine (C=N–C) groups is 1. The van der Waals surface area contributed by atoms with E-state index in [0.717, 1.165) is 18.6 Å². The minimum absolute atomic E-state index is 0.231. The third-order valence-corrected chi connectivity index (χ3v) is 5.16. The first-order valence-electron chi connectivity index (χ1n) is 7.94. The summed E-state index contributed by atoms with van der Waals surface area (Å²) in [4.78, 5) is 4.44. The quantitative estimate of drug-likeness (QED) is 0.900. The number of nitriles is 1. The number of rotatable bonds is 2. The Morgan fingerprint density at radius 2 is 2.17 bits per heavy atom. The molecule has 0 saturated heterocycles. The van der Waals surface area contributed by atoms with Crippen LogP contribution >= 0.6 is 11.8 Å². The molecule has 1 aliphatic heterocycles. The van der Waals surface area contributed by atoms with Crippen LogP contribution in [0, 0.1) is 23.1 Å². The SMILES string of the molecule is N#Cc1ccc(F)c(C2COC(C3CC3)CCCSC(N)=N2)c1. The molecule has 0 bridgehead atoms. The first-order valence-corrected chi connectivity index (χ1v) is 8.93. The molecule has 4 nitrogen and oxygen atoms in total. The zero-order chi connectivity index (χ0) is 16.2. The molecule has 0 radical (unpaired) electrons. The van der Waals surface area contributed by atoms with Gasteiger partial charge in [-0.15, -0.1) is 0 Å². The van der Waals surface area contributed by atoms with Gasteiger partial charge in [-0.2, -0.15) is 5.26 Å². The summed E-state index contributed by atoms with van der Waals surface area (Å²) in [6.07, 6.45) is 4.72. The summed E-state index contributed by atoms with van der Waals surface area (Å²) in [5, 5.41) is 9.49. The molecule has 1 fully saturated rings. The van der Waals surface area contributed by atoms with E-state index in [-0.39, 0.29) is 11.9 Å². The first-order chi connectivity index (χ1) is 11.2. The van der Waals surface area contributed by atoms with Gasteiger partial charge < -0.3 is 10.5 Å². The highest BCUT2D eigenvalue weighted by Crippen LogP contribution is 2.37. The van der Waals surface area contributed by atoms with Gasteiger partial charge in [0.1, 0.15) is 11.9 Å². The number of amidine groups is 1. The molecule has 0 spiro atoms. The van der Waals surface area contributed by atoms with Gasteiger partial charge in [-0.05, 0) is 49.8 Å². The molecule has 0 aromatic heterocycles. The number of thioether (sulfide) groups is 1. The fourth-order valence-electron chi connectivity index (χ4n) is 2.86. The number of hydrogen-bond acceptors (Lipinski definition) is 5. The molecule has 2 unspecified atom stereocenters. The van der Waals surface area contributed by atoms with Crippen molar-refractivity contribution in [1.82, 2.24) is 0 Å². The first kappa shape index (κ1) is 16.3. The van der Waals surface area contributed by atoms with Gasteiger partial charge in [0.2, 0.25) is 0 Å². The van der Waals surface area contributed by atoms with Gasteiger partial charge in [-0.1, -0.05) is 11.8 Å². The predicted molar refractivity (Wildman–Crippen MR) is 89.6 cm³/mol. The van der Waals surface area contributed by atoms with Crippen LogP contribution in [0.5, 0.6) is 0 Å². The molecule has 2 N–H and O–H groups in total. The van der Waals surface area contributed by atoms with Gasteiger partial charge in [-0.3, -0.25) is 4.99 Å². The smallest absolute Gasteiger partial charge is 0.154 e. The van der Waals surface area contributed by atoms with Crippen LogP contribution < -0.4 is 5.73 Å². The largest absolute Gasteiger partial charge is 0.379 e. The van der Waals surface area contributed by atoms with E-state index < -0.39 is 6.04 Å². The maximum atomic E-state index is 14.2. The molecule has 1 aromatic carbocycles. The van der Waals surface area contributed by atoms with Crippen molar-refractivity contribution in [3.8, 4) is 6.07 Å². The number of ether oxygens (including phenoxy) is 1. The standard InChI is InChI=1S/C17H20FN3OS/c18-14-6-3-11(9-19)8-13(14)15-10-22-16(12-4-5-12)2-1-7-23-17(20)21-15/h3,6,8,12,15-16H,1-2,4-5,7,10H2,(H2,20,21). The molecule has 3 rings (SSSR count). The minimum atomic E-state index is -0.504. The zero-order valence-corrected chi connectivity index (χ0v) is 13.7. The minimum Gasteiger partial charge on any atom is -0.379 e. The fraction of sp³-hybridized carbons (Fsp3) is 0.529. The van der Waals surface area contributed by atoms with Crippen LogP contribution in [-0.2, 0) is 4.74 Å². The summed E-state index contributed by atoms with van der Waals surface area (Å²) in [6.45, 7) is 0.300. The zero-order valence-electron chi connectivity index (χ0n) is 12.9. The van der Waals surface area contributed by atoms with E-state index in [1.54, 1.807) is 6.07 Å². The third-order valence-electron chi connectivity index (χ3n) is 4.27. The van der Waals surface area contributed by atoms with Crippen LogP contribution in [0.3, 0.4) is 0 Å². The van der Waals surface area contributed by atoms with Crippen LogP contribution in [0.2, 0.25) is 0 Å². The van der Waals surface area contributed by atoms with E-state index in [2.05, 4.69) is 4.99 Å². The molecule has 1 saturated carbocycles. The van der Waals surface area contributed by atoms with Crippen molar-refractivity contribution in [3.63, 3.8) is 0 Å². The van der Waals surface area contributed by atoms with E-state index >= 15 is 0 Å². The highest BCUT2D eigenvalue weighted by molar-refractivity contribution is 8.13. The number of hydrogen-bond donors (Lipinski definition) is 1. The van der Waals surface area contributed by atoms with Crippen molar-refractivity contribution in [2.24, 2.45) is 16.6 Å². The maximum Gasteiger partial charge on any atom is 0.154 e. The van der Waals surface area contributed by atoms with Crippen molar-refractivity contribution in [2.45, 2.75) is 37.8 Å². The Kier molecular flexibility index (Phi) is 5.19. The normalized spacial score (nSPS) is 26.2. The molecule has 1 heterocycles. The van der Waals surface area contributed by atoms with Crippen molar-refractivity contribution in [3.05, 3.63) is 35.1 Å². The van der Waals surface area contributed by atoms with Crippen LogP contribution in [0.1, 0.15) is 42.9 Å². The molecule has 0 amide bonds. The van der Waals surface area contributed by atoms with Gasteiger partial charge in [0.05, 0.1) is 24.3 Å². The van der Waals surface area contributed by atoms with Gasteiger partial charge in [0.15, 0.2) is 5.17 Å². The Balaban J connectivity index is 1.86. The average molecular weight is 333 g/mol. The summed E-state index contributed by atoms with van der Waals surface area (Å²) < 4.78 is 20.3. The number of nitrogens with two attached hydrogens (primary N) is 1. The summed E-state index contributed by atoms with van der Waals surface area (Å²) in [5.74, 6) is 1.16. The average Bonchev–Trinajstić information content (AvgIpc) is 3.38. The van der Waals surface area contributed by atoms with E-state index in [1.807, 2.05) is 6.07 Å².